The first-order valence-electron chi connectivity index (χ1n) is 9.28. The molecule has 0 fully saturated rings. The van der Waals surface area contributed by atoms with Crippen molar-refractivity contribution < 1.29 is 23.7 Å². The molecule has 1 N–H and O–H groups in total. The normalized spacial score (nSPS) is 14.3. The van der Waals surface area contributed by atoms with Crippen LogP contribution in [-0.4, -0.2) is 37.3 Å². The van der Waals surface area contributed by atoms with Crippen LogP contribution in [0, 0.1) is 0 Å². The van der Waals surface area contributed by atoms with Gasteiger partial charge in [0.25, 0.3) is 0 Å². The van der Waals surface area contributed by atoms with E-state index in [2.05, 4.69) is 10.3 Å². The van der Waals surface area contributed by atoms with Crippen LogP contribution in [0.25, 0.3) is 11.3 Å². The number of carbonyl (C=O) groups is 1. The van der Waals surface area contributed by atoms with Crippen molar-refractivity contribution in [1.82, 2.24) is 4.98 Å². The zero-order valence-electron chi connectivity index (χ0n) is 15.5. The maximum absolute atomic E-state index is 12.4. The van der Waals surface area contributed by atoms with Crippen molar-refractivity contribution in [2.24, 2.45) is 0 Å². The summed E-state index contributed by atoms with van der Waals surface area (Å²) >= 11 is 1.38. The Labute approximate surface area is 171 Å². The van der Waals surface area contributed by atoms with E-state index in [1.54, 1.807) is 0 Å². The molecule has 3 aromatic rings. The third-order valence-electron chi connectivity index (χ3n) is 4.56. The summed E-state index contributed by atoms with van der Waals surface area (Å²) in [4.78, 5) is 17.0. The fourth-order valence-electron chi connectivity index (χ4n) is 3.21. The highest BCUT2D eigenvalue weighted by Crippen LogP contribution is 2.35. The Kier molecular flexibility index (Phi) is 4.69. The number of nitrogens with zero attached hydrogens (tertiary/aromatic N) is 1. The van der Waals surface area contributed by atoms with Crippen LogP contribution in [-0.2, 0) is 11.2 Å². The molecular formula is C21H18N2O5S. The van der Waals surface area contributed by atoms with Crippen molar-refractivity contribution in [1.29, 1.82) is 0 Å². The van der Waals surface area contributed by atoms with Gasteiger partial charge in [0.1, 0.15) is 26.4 Å². The van der Waals surface area contributed by atoms with Crippen molar-refractivity contribution in [2.75, 3.05) is 31.7 Å². The van der Waals surface area contributed by atoms with Gasteiger partial charge in [0.05, 0.1) is 12.1 Å². The van der Waals surface area contributed by atoms with Gasteiger partial charge in [-0.2, -0.15) is 0 Å². The summed E-state index contributed by atoms with van der Waals surface area (Å²) in [6, 6.07) is 11.3. The second-order valence-electron chi connectivity index (χ2n) is 6.60. The van der Waals surface area contributed by atoms with Gasteiger partial charge in [-0.1, -0.05) is 6.07 Å². The van der Waals surface area contributed by atoms with Crippen molar-refractivity contribution in [3.63, 3.8) is 0 Å². The fraction of sp³-hybridized carbons (Fsp3) is 0.238. The van der Waals surface area contributed by atoms with Gasteiger partial charge in [-0.25, -0.2) is 4.98 Å². The summed E-state index contributed by atoms with van der Waals surface area (Å²) in [6.45, 7) is 2.16. The second kappa shape index (κ2) is 7.63. The largest absolute Gasteiger partial charge is 0.486 e. The molecule has 1 aromatic heterocycles. The van der Waals surface area contributed by atoms with Gasteiger partial charge in [-0.3, -0.25) is 4.79 Å². The molecule has 0 unspecified atom stereocenters. The Balaban J connectivity index is 1.26. The van der Waals surface area contributed by atoms with Crippen molar-refractivity contribution >= 4 is 22.4 Å². The molecule has 0 spiro atoms. The molecule has 2 aliphatic rings. The molecule has 148 valence electrons. The van der Waals surface area contributed by atoms with Crippen LogP contribution < -0.4 is 24.3 Å². The van der Waals surface area contributed by atoms with E-state index in [4.69, 9.17) is 18.9 Å². The van der Waals surface area contributed by atoms with Crippen molar-refractivity contribution in [3.05, 3.63) is 47.3 Å². The molecule has 8 heteroatoms. The molecule has 1 amide bonds. The average molecular weight is 410 g/mol. The first-order chi connectivity index (χ1) is 14.2. The second-order valence-corrected chi connectivity index (χ2v) is 7.46. The molecule has 2 aromatic carbocycles. The summed E-state index contributed by atoms with van der Waals surface area (Å²) in [5, 5.41) is 5.32. The molecule has 29 heavy (non-hydrogen) atoms. The minimum Gasteiger partial charge on any atom is -0.486 e. The summed E-state index contributed by atoms with van der Waals surface area (Å²) in [5.74, 6) is 2.71. The predicted octanol–water partition coefficient (Wildman–Crippen LogP) is 3.53. The Bertz CT molecular complexity index is 1060. The Morgan fingerprint density at radius 1 is 0.897 bits per heavy atom. The van der Waals surface area contributed by atoms with Gasteiger partial charge in [-0.05, 0) is 35.9 Å². The molecule has 7 nitrogen and oxygen atoms in total. The number of rotatable bonds is 4. The maximum atomic E-state index is 12.4. The summed E-state index contributed by atoms with van der Waals surface area (Å²) in [6.07, 6.45) is 0.232. The van der Waals surface area contributed by atoms with E-state index in [1.807, 2.05) is 41.8 Å². The quantitative estimate of drug-likeness (QED) is 0.709. The van der Waals surface area contributed by atoms with E-state index >= 15 is 0 Å². The first kappa shape index (κ1) is 17.8. The van der Waals surface area contributed by atoms with E-state index in [-0.39, 0.29) is 12.3 Å². The van der Waals surface area contributed by atoms with Crippen LogP contribution in [0.15, 0.2) is 41.8 Å². The van der Waals surface area contributed by atoms with Crippen LogP contribution in [0.4, 0.5) is 5.13 Å². The van der Waals surface area contributed by atoms with Crippen LogP contribution in [0.2, 0.25) is 0 Å². The molecular weight excluding hydrogens is 392 g/mol. The summed E-state index contributed by atoms with van der Waals surface area (Å²) in [5.41, 5.74) is 2.55. The van der Waals surface area contributed by atoms with E-state index in [0.29, 0.717) is 48.8 Å². The predicted molar refractivity (Wildman–Crippen MR) is 108 cm³/mol. The molecule has 0 saturated heterocycles. The summed E-state index contributed by atoms with van der Waals surface area (Å²) in [7, 11) is 0. The lowest BCUT2D eigenvalue weighted by Gasteiger charge is -2.18. The highest BCUT2D eigenvalue weighted by Gasteiger charge is 2.16. The number of nitrogens with one attached hydrogen (secondary N) is 1. The summed E-state index contributed by atoms with van der Waals surface area (Å²) < 4.78 is 22.2. The maximum Gasteiger partial charge on any atom is 0.230 e. The molecule has 2 aliphatic heterocycles. The molecule has 0 radical (unpaired) electrons. The van der Waals surface area contributed by atoms with E-state index in [9.17, 15) is 4.79 Å². The number of anilines is 1. The number of hydrogen-bond acceptors (Lipinski definition) is 7. The fourth-order valence-corrected chi connectivity index (χ4v) is 3.95. The van der Waals surface area contributed by atoms with Gasteiger partial charge in [0.15, 0.2) is 28.1 Å². The zero-order valence-corrected chi connectivity index (χ0v) is 16.3. The molecule has 3 heterocycles. The molecule has 0 saturated carbocycles. The number of amides is 1. The minimum absolute atomic E-state index is 0.134. The number of thiazole rings is 1. The van der Waals surface area contributed by atoms with E-state index < -0.39 is 0 Å². The number of carbonyl (C=O) groups excluding carboxylic acids is 1. The number of benzene rings is 2. The number of ether oxygens (including phenoxy) is 4. The number of fused-ring (bicyclic) bond motifs is 2. The van der Waals surface area contributed by atoms with Gasteiger partial charge < -0.3 is 24.3 Å². The van der Waals surface area contributed by atoms with E-state index in [0.717, 1.165) is 22.6 Å². The van der Waals surface area contributed by atoms with Crippen molar-refractivity contribution in [3.8, 4) is 34.3 Å². The molecule has 5 rings (SSSR count). The van der Waals surface area contributed by atoms with Crippen LogP contribution in [0.5, 0.6) is 23.0 Å². The standard InChI is InChI=1S/C21H18N2O5S/c24-20(10-13-1-3-16-18(9-13)27-7-5-25-16)23-21-22-15(12-29-21)14-2-4-17-19(11-14)28-8-6-26-17/h1-4,9,11-12H,5-8,10H2,(H,22,23,24). The first-order valence-corrected chi connectivity index (χ1v) is 10.2. The van der Waals surface area contributed by atoms with Gasteiger partial charge in [0, 0.05) is 10.9 Å². The number of hydrogen-bond donors (Lipinski definition) is 1. The Morgan fingerprint density at radius 3 is 2.31 bits per heavy atom. The van der Waals surface area contributed by atoms with Crippen LogP contribution in [0.1, 0.15) is 5.56 Å². The SMILES string of the molecule is O=C(Cc1ccc2c(c1)OCCO2)Nc1nc(-c2ccc3c(c2)OCCO3)cs1. The lowest BCUT2D eigenvalue weighted by Crippen LogP contribution is -2.17. The zero-order chi connectivity index (χ0) is 19.6. The van der Waals surface area contributed by atoms with Crippen LogP contribution >= 0.6 is 11.3 Å². The van der Waals surface area contributed by atoms with E-state index in [1.165, 1.54) is 11.3 Å². The molecule has 0 atom stereocenters. The van der Waals surface area contributed by atoms with Gasteiger partial charge in [0.2, 0.25) is 5.91 Å². The monoisotopic (exact) mass is 410 g/mol. The van der Waals surface area contributed by atoms with Crippen molar-refractivity contribution in [2.45, 2.75) is 6.42 Å². The molecule has 0 bridgehead atoms. The minimum atomic E-state index is -0.134. The third kappa shape index (κ3) is 3.84. The molecule has 0 aliphatic carbocycles. The smallest absolute Gasteiger partial charge is 0.230 e. The van der Waals surface area contributed by atoms with Crippen LogP contribution in [0.3, 0.4) is 0 Å². The highest BCUT2D eigenvalue weighted by molar-refractivity contribution is 7.14. The van der Waals surface area contributed by atoms with Gasteiger partial charge in [-0.15, -0.1) is 11.3 Å². The average Bonchev–Trinajstić information content (AvgIpc) is 3.21. The topological polar surface area (TPSA) is 78.9 Å². The Hall–Kier alpha value is -3.26. The Morgan fingerprint density at radius 2 is 1.55 bits per heavy atom. The third-order valence-corrected chi connectivity index (χ3v) is 5.32. The lowest BCUT2D eigenvalue weighted by atomic mass is 10.1. The van der Waals surface area contributed by atoms with Gasteiger partial charge >= 0.3 is 0 Å². The highest BCUT2D eigenvalue weighted by atomic mass is 32.1. The lowest BCUT2D eigenvalue weighted by molar-refractivity contribution is -0.115. The number of aromatic nitrogens is 1.